The van der Waals surface area contributed by atoms with E-state index in [1.54, 1.807) is 6.07 Å². The van der Waals surface area contributed by atoms with Crippen molar-refractivity contribution in [1.82, 2.24) is 4.98 Å². The Kier molecular flexibility index (Phi) is 4.01. The van der Waals surface area contributed by atoms with Gasteiger partial charge in [0.1, 0.15) is 5.82 Å². The van der Waals surface area contributed by atoms with Crippen molar-refractivity contribution in [3.63, 3.8) is 0 Å². The highest BCUT2D eigenvalue weighted by atomic mass is 16.5. The van der Waals surface area contributed by atoms with Gasteiger partial charge in [0.15, 0.2) is 5.69 Å². The number of hydrogen-bond acceptors (Lipinski definition) is 4. The Balaban J connectivity index is 1.86. The summed E-state index contributed by atoms with van der Waals surface area (Å²) < 4.78 is 5.68. The van der Waals surface area contributed by atoms with Gasteiger partial charge in [-0.3, -0.25) is 0 Å². The van der Waals surface area contributed by atoms with Crippen LogP contribution in [0.2, 0.25) is 0 Å². The van der Waals surface area contributed by atoms with Gasteiger partial charge in [0, 0.05) is 18.5 Å². The number of fused-ring (bicyclic) bond motifs is 1. The van der Waals surface area contributed by atoms with Gasteiger partial charge >= 0.3 is 5.97 Å². The van der Waals surface area contributed by atoms with Crippen LogP contribution in [0.4, 0.5) is 5.82 Å². The van der Waals surface area contributed by atoms with E-state index in [2.05, 4.69) is 10.3 Å². The Bertz CT molecular complexity index is 651. The van der Waals surface area contributed by atoms with Gasteiger partial charge in [-0.15, -0.1) is 0 Å². The molecule has 0 spiro atoms. The summed E-state index contributed by atoms with van der Waals surface area (Å²) in [4.78, 5) is 15.4. The van der Waals surface area contributed by atoms with Gasteiger partial charge in [0.05, 0.1) is 6.10 Å². The molecule has 0 bridgehead atoms. The van der Waals surface area contributed by atoms with Crippen molar-refractivity contribution in [2.24, 2.45) is 0 Å². The first kappa shape index (κ1) is 13.8. The standard InChI is InChI=1S/C16H18N2O3/c19-16(20)14-9-11-5-1-2-7-13(11)15(18-14)17-10-12-6-3-4-8-21-12/h1-2,5,7,9,12H,3-4,6,8,10H2,(H,17,18)(H,19,20). The largest absolute Gasteiger partial charge is 0.477 e. The molecule has 110 valence electrons. The van der Waals surface area contributed by atoms with Gasteiger partial charge in [-0.1, -0.05) is 24.3 Å². The number of anilines is 1. The lowest BCUT2D eigenvalue weighted by atomic mass is 10.1. The van der Waals surface area contributed by atoms with Crippen molar-refractivity contribution >= 4 is 22.6 Å². The third-order valence-corrected chi connectivity index (χ3v) is 3.73. The Morgan fingerprint density at radius 2 is 2.24 bits per heavy atom. The topological polar surface area (TPSA) is 71.5 Å². The lowest BCUT2D eigenvalue weighted by Crippen LogP contribution is -2.27. The summed E-state index contributed by atoms with van der Waals surface area (Å²) in [6, 6.07) is 9.25. The summed E-state index contributed by atoms with van der Waals surface area (Å²) in [7, 11) is 0. The molecular formula is C16H18N2O3. The molecule has 3 rings (SSSR count). The molecule has 1 saturated heterocycles. The minimum atomic E-state index is -1.02. The predicted octanol–water partition coefficient (Wildman–Crippen LogP) is 2.91. The molecule has 1 aromatic heterocycles. The summed E-state index contributed by atoms with van der Waals surface area (Å²) in [6.45, 7) is 1.45. The van der Waals surface area contributed by atoms with E-state index in [9.17, 15) is 9.90 Å². The fourth-order valence-electron chi connectivity index (χ4n) is 2.62. The van der Waals surface area contributed by atoms with Crippen LogP contribution in [0.5, 0.6) is 0 Å². The minimum absolute atomic E-state index is 0.0563. The van der Waals surface area contributed by atoms with Crippen molar-refractivity contribution in [1.29, 1.82) is 0 Å². The maximum absolute atomic E-state index is 11.2. The molecule has 5 heteroatoms. The molecule has 1 aliphatic rings. The van der Waals surface area contributed by atoms with Crippen molar-refractivity contribution in [2.75, 3.05) is 18.5 Å². The van der Waals surface area contributed by atoms with Gasteiger partial charge < -0.3 is 15.2 Å². The number of carbonyl (C=O) groups is 1. The van der Waals surface area contributed by atoms with Gasteiger partial charge in [0.25, 0.3) is 0 Å². The number of ether oxygens (including phenoxy) is 1. The summed E-state index contributed by atoms with van der Waals surface area (Å²) in [5, 5.41) is 14.2. The SMILES string of the molecule is O=C(O)c1cc2ccccc2c(NCC2CCCCO2)n1. The molecule has 5 nitrogen and oxygen atoms in total. The van der Waals surface area contributed by atoms with E-state index in [0.717, 1.165) is 30.2 Å². The first-order valence-corrected chi connectivity index (χ1v) is 7.22. The Morgan fingerprint density at radius 3 is 3.00 bits per heavy atom. The summed E-state index contributed by atoms with van der Waals surface area (Å²) in [6.07, 6.45) is 3.50. The number of aromatic carboxylic acids is 1. The fraction of sp³-hybridized carbons (Fsp3) is 0.375. The third-order valence-electron chi connectivity index (χ3n) is 3.73. The Labute approximate surface area is 123 Å². The van der Waals surface area contributed by atoms with E-state index in [-0.39, 0.29) is 11.8 Å². The minimum Gasteiger partial charge on any atom is -0.477 e. The second-order valence-electron chi connectivity index (χ2n) is 5.25. The number of rotatable bonds is 4. The van der Waals surface area contributed by atoms with Gasteiger partial charge in [-0.25, -0.2) is 9.78 Å². The van der Waals surface area contributed by atoms with Crippen LogP contribution >= 0.6 is 0 Å². The second-order valence-corrected chi connectivity index (χ2v) is 5.25. The molecule has 2 aromatic rings. The molecule has 0 aliphatic carbocycles. The van der Waals surface area contributed by atoms with Crippen molar-refractivity contribution in [3.8, 4) is 0 Å². The lowest BCUT2D eigenvalue weighted by molar-refractivity contribution is 0.0247. The molecular weight excluding hydrogens is 268 g/mol. The Hall–Kier alpha value is -2.14. The maximum Gasteiger partial charge on any atom is 0.354 e. The normalized spacial score (nSPS) is 18.6. The maximum atomic E-state index is 11.2. The smallest absolute Gasteiger partial charge is 0.354 e. The molecule has 1 aliphatic heterocycles. The molecule has 1 fully saturated rings. The molecule has 1 aromatic carbocycles. The van der Waals surface area contributed by atoms with Crippen LogP contribution in [0.25, 0.3) is 10.8 Å². The van der Waals surface area contributed by atoms with Crippen LogP contribution in [0, 0.1) is 0 Å². The summed E-state index contributed by atoms with van der Waals surface area (Å²) in [5.41, 5.74) is 0.0563. The average Bonchev–Trinajstić information content (AvgIpc) is 2.53. The number of nitrogens with one attached hydrogen (secondary N) is 1. The molecule has 1 unspecified atom stereocenters. The van der Waals surface area contributed by atoms with E-state index in [1.807, 2.05) is 24.3 Å². The van der Waals surface area contributed by atoms with Crippen LogP contribution in [0.15, 0.2) is 30.3 Å². The van der Waals surface area contributed by atoms with Crippen molar-refractivity contribution in [3.05, 3.63) is 36.0 Å². The zero-order chi connectivity index (χ0) is 14.7. The van der Waals surface area contributed by atoms with E-state index < -0.39 is 5.97 Å². The number of hydrogen-bond donors (Lipinski definition) is 2. The molecule has 0 saturated carbocycles. The van der Waals surface area contributed by atoms with E-state index >= 15 is 0 Å². The van der Waals surface area contributed by atoms with Crippen molar-refractivity contribution in [2.45, 2.75) is 25.4 Å². The van der Waals surface area contributed by atoms with Gasteiger partial charge in [-0.2, -0.15) is 0 Å². The molecule has 1 atom stereocenters. The van der Waals surface area contributed by atoms with E-state index in [0.29, 0.717) is 12.4 Å². The monoisotopic (exact) mass is 286 g/mol. The molecule has 2 heterocycles. The van der Waals surface area contributed by atoms with Crippen LogP contribution in [0.1, 0.15) is 29.8 Å². The number of pyridine rings is 1. The zero-order valence-electron chi connectivity index (χ0n) is 11.7. The number of carboxylic acids is 1. The summed E-state index contributed by atoms with van der Waals surface area (Å²) >= 11 is 0. The van der Waals surface area contributed by atoms with E-state index in [1.165, 1.54) is 6.42 Å². The van der Waals surface area contributed by atoms with Gasteiger partial charge in [-0.05, 0) is 30.7 Å². The highest BCUT2D eigenvalue weighted by molar-refractivity contribution is 5.97. The third kappa shape index (κ3) is 3.13. The quantitative estimate of drug-likeness (QED) is 0.904. The number of nitrogens with zero attached hydrogens (tertiary/aromatic N) is 1. The van der Waals surface area contributed by atoms with Crippen LogP contribution in [-0.2, 0) is 4.74 Å². The van der Waals surface area contributed by atoms with Crippen molar-refractivity contribution < 1.29 is 14.6 Å². The van der Waals surface area contributed by atoms with Crippen LogP contribution < -0.4 is 5.32 Å². The highest BCUT2D eigenvalue weighted by Crippen LogP contribution is 2.23. The molecule has 21 heavy (non-hydrogen) atoms. The summed E-state index contributed by atoms with van der Waals surface area (Å²) in [5.74, 6) is -0.405. The van der Waals surface area contributed by atoms with Gasteiger partial charge in [0.2, 0.25) is 0 Å². The lowest BCUT2D eigenvalue weighted by Gasteiger charge is -2.23. The average molecular weight is 286 g/mol. The zero-order valence-corrected chi connectivity index (χ0v) is 11.7. The molecule has 2 N–H and O–H groups in total. The first-order chi connectivity index (χ1) is 10.2. The second kappa shape index (κ2) is 6.10. The van der Waals surface area contributed by atoms with E-state index in [4.69, 9.17) is 4.74 Å². The molecule has 0 radical (unpaired) electrons. The molecule has 0 amide bonds. The first-order valence-electron chi connectivity index (χ1n) is 7.22. The van der Waals surface area contributed by atoms with Crippen LogP contribution in [0.3, 0.4) is 0 Å². The number of benzene rings is 1. The highest BCUT2D eigenvalue weighted by Gasteiger charge is 2.15. The number of aromatic nitrogens is 1. The fourth-order valence-corrected chi connectivity index (χ4v) is 2.62. The Morgan fingerprint density at radius 1 is 1.38 bits per heavy atom. The predicted molar refractivity (Wildman–Crippen MR) is 80.8 cm³/mol. The van der Waals surface area contributed by atoms with Crippen LogP contribution in [-0.4, -0.2) is 35.3 Å². The number of carboxylic acid groups (broad SMARTS) is 1.